The fourth-order valence-electron chi connectivity index (χ4n) is 8.68. The molecule has 9 nitrogen and oxygen atoms in total. The molecule has 0 unspecified atom stereocenters. The van der Waals surface area contributed by atoms with Gasteiger partial charge in [-0.05, 0) is 94.2 Å². The molecule has 11 heteroatoms. The lowest BCUT2D eigenvalue weighted by Crippen LogP contribution is -2.50. The molecule has 4 aliphatic rings. The SMILES string of the molecule is Cc1c(-c2cc3cccc(C4CCN(C(=O)C5CCC(O)CC5)CC4)c3n2CC2CC2)nn2cc(C(=O)N3C[C@H](N)C[C@@H](F)C3)cc(F)c12. The summed E-state index contributed by atoms with van der Waals surface area (Å²) in [7, 11) is 0. The minimum atomic E-state index is -1.20. The number of carbonyl (C=O) groups is 2. The van der Waals surface area contributed by atoms with Crippen molar-refractivity contribution in [1.82, 2.24) is 24.0 Å². The van der Waals surface area contributed by atoms with Crippen LogP contribution in [0.25, 0.3) is 27.8 Å². The Bertz CT molecular complexity index is 1890. The number of aliphatic hydroxyl groups is 1. The largest absolute Gasteiger partial charge is 0.393 e. The van der Waals surface area contributed by atoms with E-state index in [9.17, 15) is 19.1 Å². The van der Waals surface area contributed by atoms with Crippen molar-refractivity contribution in [2.75, 3.05) is 26.2 Å². The number of benzene rings is 1. The molecule has 5 heterocycles. The first kappa shape index (κ1) is 32.4. The molecule has 0 spiro atoms. The van der Waals surface area contributed by atoms with Crippen molar-refractivity contribution < 1.29 is 23.5 Å². The van der Waals surface area contributed by atoms with E-state index in [4.69, 9.17) is 10.8 Å². The number of aryl methyl sites for hydroxylation is 1. The van der Waals surface area contributed by atoms with E-state index in [1.54, 1.807) is 6.20 Å². The summed E-state index contributed by atoms with van der Waals surface area (Å²) in [6.45, 7) is 4.36. The third kappa shape index (κ3) is 6.13. The Morgan fingerprint density at radius 3 is 2.45 bits per heavy atom. The number of halogens is 2. The van der Waals surface area contributed by atoms with Gasteiger partial charge in [0.2, 0.25) is 5.91 Å². The van der Waals surface area contributed by atoms with E-state index in [1.165, 1.54) is 39.4 Å². The molecule has 3 aromatic heterocycles. The zero-order valence-electron chi connectivity index (χ0n) is 28.2. The Morgan fingerprint density at radius 2 is 1.73 bits per heavy atom. The molecule has 49 heavy (non-hydrogen) atoms. The maximum Gasteiger partial charge on any atom is 0.255 e. The molecule has 4 aromatic rings. The number of pyridine rings is 1. The van der Waals surface area contributed by atoms with Gasteiger partial charge >= 0.3 is 0 Å². The zero-order chi connectivity index (χ0) is 34.0. The van der Waals surface area contributed by atoms with Crippen LogP contribution in [-0.2, 0) is 11.3 Å². The van der Waals surface area contributed by atoms with E-state index >= 15 is 4.39 Å². The summed E-state index contributed by atoms with van der Waals surface area (Å²) in [5.41, 5.74) is 11.2. The second-order valence-corrected chi connectivity index (χ2v) is 15.1. The smallest absolute Gasteiger partial charge is 0.255 e. The van der Waals surface area contributed by atoms with Crippen molar-refractivity contribution >= 4 is 28.2 Å². The predicted molar refractivity (Wildman–Crippen MR) is 183 cm³/mol. The van der Waals surface area contributed by atoms with Gasteiger partial charge in [0.1, 0.15) is 23.2 Å². The lowest BCUT2D eigenvalue weighted by molar-refractivity contribution is -0.138. The van der Waals surface area contributed by atoms with Crippen LogP contribution in [0.1, 0.15) is 85.2 Å². The molecule has 0 radical (unpaired) electrons. The number of hydrogen-bond acceptors (Lipinski definition) is 5. The van der Waals surface area contributed by atoms with Gasteiger partial charge in [0.25, 0.3) is 5.91 Å². The zero-order valence-corrected chi connectivity index (χ0v) is 28.2. The van der Waals surface area contributed by atoms with Crippen molar-refractivity contribution in [3.8, 4) is 11.4 Å². The number of para-hydroxylation sites is 1. The first-order valence-corrected chi connectivity index (χ1v) is 18.1. The number of aromatic nitrogens is 3. The topological polar surface area (TPSA) is 109 Å². The van der Waals surface area contributed by atoms with Gasteiger partial charge in [0.15, 0.2) is 0 Å². The summed E-state index contributed by atoms with van der Waals surface area (Å²) >= 11 is 0. The molecule has 2 aliphatic heterocycles. The highest BCUT2D eigenvalue weighted by atomic mass is 19.1. The number of hydrogen-bond donors (Lipinski definition) is 2. The van der Waals surface area contributed by atoms with Crippen molar-refractivity contribution in [1.29, 1.82) is 0 Å². The third-order valence-corrected chi connectivity index (χ3v) is 11.5. The Kier molecular flexibility index (Phi) is 8.46. The van der Waals surface area contributed by atoms with Crippen molar-refractivity contribution in [3.05, 3.63) is 59.0 Å². The fourth-order valence-corrected chi connectivity index (χ4v) is 8.68. The van der Waals surface area contributed by atoms with E-state index < -0.39 is 23.9 Å². The van der Waals surface area contributed by atoms with Gasteiger partial charge in [-0.3, -0.25) is 9.59 Å². The molecule has 8 rings (SSSR count). The number of piperidine rings is 2. The fraction of sp³-hybridized carbons (Fsp3) is 0.553. The Balaban J connectivity index is 1.11. The normalized spacial score (nSPS) is 25.4. The highest BCUT2D eigenvalue weighted by Crippen LogP contribution is 2.41. The quantitative estimate of drug-likeness (QED) is 0.278. The van der Waals surface area contributed by atoms with E-state index in [0.29, 0.717) is 41.5 Å². The van der Waals surface area contributed by atoms with Crippen LogP contribution >= 0.6 is 0 Å². The molecular weight excluding hydrogens is 626 g/mol. The van der Waals surface area contributed by atoms with Crippen molar-refractivity contribution in [3.63, 3.8) is 0 Å². The average Bonchev–Trinajstić information content (AvgIpc) is 3.75. The van der Waals surface area contributed by atoms with E-state index in [-0.39, 0.29) is 43.0 Å². The molecule has 2 atom stereocenters. The van der Waals surface area contributed by atoms with Crippen LogP contribution in [0.2, 0.25) is 0 Å². The first-order chi connectivity index (χ1) is 23.6. The maximum absolute atomic E-state index is 15.8. The van der Waals surface area contributed by atoms with Gasteiger partial charge in [-0.15, -0.1) is 0 Å². The second-order valence-electron chi connectivity index (χ2n) is 15.1. The van der Waals surface area contributed by atoms with Gasteiger partial charge in [0, 0.05) is 55.3 Å². The lowest BCUT2D eigenvalue weighted by Gasteiger charge is -2.36. The molecule has 260 valence electrons. The Morgan fingerprint density at radius 1 is 0.980 bits per heavy atom. The van der Waals surface area contributed by atoms with Gasteiger partial charge in [-0.1, -0.05) is 18.2 Å². The minimum Gasteiger partial charge on any atom is -0.393 e. The van der Waals surface area contributed by atoms with Crippen LogP contribution in [0.3, 0.4) is 0 Å². The van der Waals surface area contributed by atoms with Crippen LogP contribution in [0.4, 0.5) is 8.78 Å². The van der Waals surface area contributed by atoms with Gasteiger partial charge in [-0.2, -0.15) is 5.10 Å². The number of nitrogens with two attached hydrogens (primary N) is 1. The van der Waals surface area contributed by atoms with Crippen molar-refractivity contribution in [2.24, 2.45) is 17.6 Å². The molecule has 2 saturated heterocycles. The summed E-state index contributed by atoms with van der Waals surface area (Å²) < 4.78 is 33.9. The number of amides is 2. The summed E-state index contributed by atoms with van der Waals surface area (Å²) in [6, 6.07) is 9.40. The lowest BCUT2D eigenvalue weighted by atomic mass is 9.84. The molecule has 2 saturated carbocycles. The van der Waals surface area contributed by atoms with Crippen molar-refractivity contribution in [2.45, 2.75) is 95.5 Å². The van der Waals surface area contributed by atoms with E-state index in [0.717, 1.165) is 56.4 Å². The van der Waals surface area contributed by atoms with E-state index in [1.807, 2.05) is 11.8 Å². The van der Waals surface area contributed by atoms with Crippen LogP contribution in [0.5, 0.6) is 0 Å². The number of alkyl halides is 1. The molecule has 2 amide bonds. The molecule has 0 bridgehead atoms. The number of rotatable bonds is 6. The summed E-state index contributed by atoms with van der Waals surface area (Å²) in [6.07, 6.45) is 7.38. The number of likely N-dealkylation sites (tertiary alicyclic amines) is 2. The van der Waals surface area contributed by atoms with Crippen LogP contribution in [0.15, 0.2) is 36.5 Å². The van der Waals surface area contributed by atoms with Crippen LogP contribution in [0, 0.1) is 24.6 Å². The van der Waals surface area contributed by atoms with Gasteiger partial charge in [-0.25, -0.2) is 13.3 Å². The molecule has 1 aromatic carbocycles. The predicted octanol–water partition coefficient (Wildman–Crippen LogP) is 5.58. The molecule has 3 N–H and O–H groups in total. The monoisotopic (exact) mass is 672 g/mol. The standard InChI is InChI=1S/C38H46F2N6O3/c1-22-34(42-46-19-27(15-32(40)35(22)46)38(49)44-20-28(39)17-29(41)21-44)33-16-26-3-2-4-31(36(26)45(33)18-23-5-6-23)24-11-13-43(14-12-24)37(48)25-7-9-30(47)10-8-25/h2-4,15-16,19,23-25,28-30,47H,5-14,17-18,20-21,41H2,1H3/t25?,28-,29-,30?/m1/s1. The number of nitrogens with zero attached hydrogens (tertiary/aromatic N) is 5. The summed E-state index contributed by atoms with van der Waals surface area (Å²) in [4.78, 5) is 30.1. The average molecular weight is 673 g/mol. The Labute approximate surface area is 285 Å². The minimum absolute atomic E-state index is 0.0278. The second kappa shape index (κ2) is 12.8. The highest BCUT2D eigenvalue weighted by molar-refractivity contribution is 5.95. The number of aliphatic hydroxyl groups excluding tert-OH is 1. The van der Waals surface area contributed by atoms with Gasteiger partial charge in [0.05, 0.1) is 29.4 Å². The summed E-state index contributed by atoms with van der Waals surface area (Å²) in [5.74, 6) is 0.155. The van der Waals surface area contributed by atoms with E-state index in [2.05, 4.69) is 28.8 Å². The highest BCUT2D eigenvalue weighted by Gasteiger charge is 2.34. The third-order valence-electron chi connectivity index (χ3n) is 11.5. The van der Waals surface area contributed by atoms with Crippen LogP contribution in [-0.4, -0.2) is 85.4 Å². The number of fused-ring (bicyclic) bond motifs is 2. The summed E-state index contributed by atoms with van der Waals surface area (Å²) in [5, 5.41) is 15.9. The number of carbonyl (C=O) groups excluding carboxylic acids is 2. The first-order valence-electron chi connectivity index (χ1n) is 18.1. The molecule has 2 aliphatic carbocycles. The van der Waals surface area contributed by atoms with Crippen LogP contribution < -0.4 is 5.73 Å². The molecular formula is C38H46F2N6O3. The Hall–Kier alpha value is -3.83. The molecule has 4 fully saturated rings. The van der Waals surface area contributed by atoms with Gasteiger partial charge < -0.3 is 25.2 Å². The maximum atomic E-state index is 15.8.